The van der Waals surface area contributed by atoms with Crippen molar-refractivity contribution >= 4 is 29.2 Å². The highest BCUT2D eigenvalue weighted by atomic mass is 35.5. The first-order valence-electron chi connectivity index (χ1n) is 8.02. The molecule has 0 aliphatic heterocycles. The second-order valence-corrected chi connectivity index (χ2v) is 6.42. The Labute approximate surface area is 159 Å². The number of hydrogen-bond acceptors (Lipinski definition) is 5. The van der Waals surface area contributed by atoms with E-state index in [1.54, 1.807) is 30.3 Å². The fraction of sp³-hybridized carbons (Fsp3) is 0.105. The van der Waals surface area contributed by atoms with E-state index in [2.05, 4.69) is 9.98 Å². The van der Waals surface area contributed by atoms with Gasteiger partial charge in [-0.05, 0) is 42.5 Å². The number of benzene rings is 2. The van der Waals surface area contributed by atoms with Gasteiger partial charge in [-0.2, -0.15) is 0 Å². The summed E-state index contributed by atoms with van der Waals surface area (Å²) in [5.41, 5.74) is 0.294. The van der Waals surface area contributed by atoms with E-state index >= 15 is 0 Å². The van der Waals surface area contributed by atoms with Crippen molar-refractivity contribution in [2.24, 2.45) is 4.99 Å². The minimum absolute atomic E-state index is 0.125. The zero-order valence-corrected chi connectivity index (χ0v) is 15.4. The van der Waals surface area contributed by atoms with Crippen LogP contribution in [-0.2, 0) is 0 Å². The molecule has 2 N–H and O–H groups in total. The number of rotatable bonds is 4. The third-order valence-electron chi connectivity index (χ3n) is 3.89. The van der Waals surface area contributed by atoms with Gasteiger partial charge in [0.25, 0.3) is 5.56 Å². The molecule has 0 atom stereocenters. The molecule has 0 amide bonds. The van der Waals surface area contributed by atoms with Crippen molar-refractivity contribution in [1.82, 2.24) is 9.55 Å². The minimum atomic E-state index is -0.758. The van der Waals surface area contributed by atoms with Crippen LogP contribution in [-0.4, -0.2) is 35.0 Å². The molecule has 27 heavy (non-hydrogen) atoms. The molecule has 0 fully saturated rings. The molecular weight excluding hydrogens is 368 g/mol. The van der Waals surface area contributed by atoms with Gasteiger partial charge in [-0.1, -0.05) is 17.7 Å². The molecule has 8 heteroatoms. The van der Waals surface area contributed by atoms with Crippen LogP contribution in [0.1, 0.15) is 5.56 Å². The number of nitrogens with one attached hydrogen (secondary N) is 1. The Balaban J connectivity index is 2.07. The molecule has 7 nitrogen and oxygen atoms in total. The van der Waals surface area contributed by atoms with E-state index in [1.165, 1.54) is 6.21 Å². The summed E-state index contributed by atoms with van der Waals surface area (Å²) in [5, 5.41) is 11.0. The van der Waals surface area contributed by atoms with Crippen LogP contribution >= 0.6 is 11.6 Å². The number of aromatic hydroxyl groups is 1. The normalized spacial score (nSPS) is 11.1. The number of halogens is 1. The first-order valence-corrected chi connectivity index (χ1v) is 8.40. The molecule has 0 bridgehead atoms. The van der Waals surface area contributed by atoms with Crippen molar-refractivity contribution in [2.45, 2.75) is 0 Å². The van der Waals surface area contributed by atoms with Gasteiger partial charge in [0.05, 0.1) is 11.4 Å². The maximum atomic E-state index is 12.2. The van der Waals surface area contributed by atoms with Crippen LogP contribution in [0, 0.1) is 0 Å². The predicted octanol–water partition coefficient (Wildman–Crippen LogP) is 2.70. The zero-order chi connectivity index (χ0) is 19.6. The minimum Gasteiger partial charge on any atom is -0.493 e. The number of nitrogens with zero attached hydrogens (tertiary/aromatic N) is 3. The summed E-state index contributed by atoms with van der Waals surface area (Å²) in [5.74, 6) is -0.501. The fourth-order valence-electron chi connectivity index (χ4n) is 2.48. The van der Waals surface area contributed by atoms with Crippen LogP contribution in [0.4, 0.5) is 11.4 Å². The standard InChI is InChI=1S/C19H17ClN4O3/c1-23(2)15-5-3-4-13(10-15)21-11-16-17(25)22-19(27)24(18(16)26)14-8-6-12(20)7-9-14/h3-11,26H,1-2H3,(H,22,25,27). The smallest absolute Gasteiger partial charge is 0.335 e. The Morgan fingerprint density at radius 1 is 1.15 bits per heavy atom. The van der Waals surface area contributed by atoms with Crippen LogP contribution < -0.4 is 16.1 Å². The van der Waals surface area contributed by atoms with Gasteiger partial charge >= 0.3 is 5.69 Å². The van der Waals surface area contributed by atoms with Crippen molar-refractivity contribution in [3.63, 3.8) is 0 Å². The molecule has 1 heterocycles. The van der Waals surface area contributed by atoms with Crippen molar-refractivity contribution < 1.29 is 5.11 Å². The molecule has 2 aromatic carbocycles. The van der Waals surface area contributed by atoms with Crippen molar-refractivity contribution in [3.05, 3.63) is 80.0 Å². The second-order valence-electron chi connectivity index (χ2n) is 5.98. The zero-order valence-electron chi connectivity index (χ0n) is 14.7. The summed E-state index contributed by atoms with van der Waals surface area (Å²) in [6.45, 7) is 0. The molecule has 0 unspecified atom stereocenters. The van der Waals surface area contributed by atoms with E-state index in [0.717, 1.165) is 10.3 Å². The lowest BCUT2D eigenvalue weighted by atomic mass is 10.2. The van der Waals surface area contributed by atoms with Crippen LogP contribution in [0.3, 0.4) is 0 Å². The van der Waals surface area contributed by atoms with E-state index in [1.807, 2.05) is 37.2 Å². The average molecular weight is 385 g/mol. The lowest BCUT2D eigenvalue weighted by Gasteiger charge is -2.12. The Kier molecular flexibility index (Phi) is 5.14. The highest BCUT2D eigenvalue weighted by Crippen LogP contribution is 2.21. The van der Waals surface area contributed by atoms with Gasteiger partial charge in [-0.25, -0.2) is 9.36 Å². The molecule has 0 saturated heterocycles. The Morgan fingerprint density at radius 3 is 2.52 bits per heavy atom. The van der Waals surface area contributed by atoms with E-state index in [-0.39, 0.29) is 5.56 Å². The van der Waals surface area contributed by atoms with Gasteiger partial charge < -0.3 is 10.0 Å². The van der Waals surface area contributed by atoms with Gasteiger partial charge in [0.2, 0.25) is 5.88 Å². The lowest BCUT2D eigenvalue weighted by Crippen LogP contribution is -2.31. The van der Waals surface area contributed by atoms with Gasteiger partial charge in [0.1, 0.15) is 5.56 Å². The number of anilines is 1. The van der Waals surface area contributed by atoms with Crippen LogP contribution in [0.15, 0.2) is 63.1 Å². The van der Waals surface area contributed by atoms with Crippen LogP contribution in [0.2, 0.25) is 5.02 Å². The summed E-state index contributed by atoms with van der Waals surface area (Å²) >= 11 is 5.86. The topological polar surface area (TPSA) is 90.7 Å². The van der Waals surface area contributed by atoms with E-state index < -0.39 is 17.1 Å². The largest absolute Gasteiger partial charge is 0.493 e. The molecule has 3 aromatic rings. The third-order valence-corrected chi connectivity index (χ3v) is 4.15. The molecule has 1 aromatic heterocycles. The quantitative estimate of drug-likeness (QED) is 0.676. The maximum absolute atomic E-state index is 12.2. The van der Waals surface area contributed by atoms with Crippen molar-refractivity contribution in [2.75, 3.05) is 19.0 Å². The monoisotopic (exact) mass is 384 g/mol. The van der Waals surface area contributed by atoms with Gasteiger partial charge in [-0.3, -0.25) is 14.8 Å². The Hall–Kier alpha value is -3.32. The summed E-state index contributed by atoms with van der Waals surface area (Å²) in [7, 11) is 3.81. The third kappa shape index (κ3) is 3.93. The van der Waals surface area contributed by atoms with Crippen LogP contribution in [0.5, 0.6) is 5.88 Å². The number of aliphatic imine (C=N–C) groups is 1. The lowest BCUT2D eigenvalue weighted by molar-refractivity contribution is 0.430. The van der Waals surface area contributed by atoms with E-state index in [9.17, 15) is 14.7 Å². The Bertz CT molecular complexity index is 1120. The van der Waals surface area contributed by atoms with Crippen molar-refractivity contribution in [1.29, 1.82) is 0 Å². The molecule has 0 spiro atoms. The second kappa shape index (κ2) is 7.51. The highest BCUT2D eigenvalue weighted by molar-refractivity contribution is 6.30. The number of H-pyrrole nitrogens is 1. The number of aromatic nitrogens is 2. The van der Waals surface area contributed by atoms with Gasteiger partial charge in [0.15, 0.2) is 0 Å². The molecule has 0 aliphatic rings. The van der Waals surface area contributed by atoms with E-state index in [0.29, 0.717) is 16.4 Å². The molecule has 0 saturated carbocycles. The van der Waals surface area contributed by atoms with Crippen LogP contribution in [0.25, 0.3) is 5.69 Å². The number of hydrogen-bond donors (Lipinski definition) is 2. The van der Waals surface area contributed by atoms with E-state index in [4.69, 9.17) is 11.6 Å². The predicted molar refractivity (Wildman–Crippen MR) is 107 cm³/mol. The molecule has 3 rings (SSSR count). The first-order chi connectivity index (χ1) is 12.9. The molecule has 138 valence electrons. The number of aromatic amines is 1. The fourth-order valence-corrected chi connectivity index (χ4v) is 2.60. The summed E-state index contributed by atoms with van der Waals surface area (Å²) in [4.78, 5) is 32.7. The average Bonchev–Trinajstić information content (AvgIpc) is 2.63. The first kappa shape index (κ1) is 18.5. The summed E-state index contributed by atoms with van der Waals surface area (Å²) in [6, 6.07) is 13.6. The molecular formula is C19H17ClN4O3. The van der Waals surface area contributed by atoms with Crippen molar-refractivity contribution in [3.8, 4) is 11.6 Å². The van der Waals surface area contributed by atoms with Gasteiger partial charge in [-0.15, -0.1) is 0 Å². The molecule has 0 aliphatic carbocycles. The SMILES string of the molecule is CN(C)c1cccc(N=Cc2c(O)n(-c3ccc(Cl)cc3)c(=O)[nH]c2=O)c1. The highest BCUT2D eigenvalue weighted by Gasteiger charge is 2.14. The summed E-state index contributed by atoms with van der Waals surface area (Å²) < 4.78 is 0.981. The summed E-state index contributed by atoms with van der Waals surface area (Å²) in [6.07, 6.45) is 1.23. The Morgan fingerprint density at radius 2 is 1.85 bits per heavy atom. The van der Waals surface area contributed by atoms with Gasteiger partial charge in [0, 0.05) is 31.0 Å². The maximum Gasteiger partial charge on any atom is 0.335 e. The molecule has 0 radical (unpaired) electrons.